The van der Waals surface area contributed by atoms with Crippen LogP contribution in [0.1, 0.15) is 25.1 Å². The number of hydrazone groups is 1. The number of benzene rings is 1. The number of anilines is 2. The Morgan fingerprint density at radius 2 is 2.03 bits per heavy atom. The van der Waals surface area contributed by atoms with Crippen LogP contribution in [-0.4, -0.2) is 72.6 Å². The number of aromatic nitrogens is 4. The van der Waals surface area contributed by atoms with Gasteiger partial charge in [-0.3, -0.25) is 4.57 Å². The van der Waals surface area contributed by atoms with Gasteiger partial charge >= 0.3 is 0 Å². The average molecular weight is 443 g/mol. The minimum absolute atomic E-state index is 0.107. The molecule has 0 aliphatic carbocycles. The van der Waals surface area contributed by atoms with Crippen molar-refractivity contribution in [2.45, 2.75) is 37.9 Å². The largest absolute Gasteiger partial charge is 0.494 e. The number of nitrogens with zero attached hydrogens (tertiary/aromatic N) is 5. The Labute approximate surface area is 183 Å². The smallest absolute Gasteiger partial charge is 0.247 e. The number of aliphatic hydroxyl groups is 3. The second-order valence-corrected chi connectivity index (χ2v) is 7.27. The van der Waals surface area contributed by atoms with Crippen molar-refractivity contribution >= 4 is 29.1 Å². The molecule has 170 valence electrons. The van der Waals surface area contributed by atoms with Gasteiger partial charge in [-0.1, -0.05) is 6.92 Å². The van der Waals surface area contributed by atoms with E-state index in [9.17, 15) is 15.3 Å². The van der Waals surface area contributed by atoms with Crippen LogP contribution in [0.4, 0.5) is 11.8 Å². The van der Waals surface area contributed by atoms with Crippen molar-refractivity contribution in [1.82, 2.24) is 19.5 Å². The standard InChI is InChI=1S/C20H25N7O5/c1-2-7-31-12-5-3-11(4-6-12)8-23-26-20-24-17(21)14-18(25-20)27(10-22-14)19-16(30)15(29)13(9-28)32-19/h3-6,8,10,13,15-16,19,28-30H,2,7,9H2,1H3,(H3,21,24,25,26)/t13-,15-,16-,19-/m1/s1. The van der Waals surface area contributed by atoms with Gasteiger partial charge in [-0.2, -0.15) is 15.1 Å². The molecule has 3 aromatic rings. The molecule has 1 saturated heterocycles. The number of nitrogen functional groups attached to an aromatic ring is 1. The fourth-order valence-corrected chi connectivity index (χ4v) is 3.32. The van der Waals surface area contributed by atoms with Gasteiger partial charge in [0.15, 0.2) is 17.7 Å². The number of nitrogens with two attached hydrogens (primary N) is 1. The number of aliphatic hydroxyl groups excluding tert-OH is 3. The Kier molecular flexibility index (Phi) is 6.46. The molecule has 0 bridgehead atoms. The van der Waals surface area contributed by atoms with Crippen molar-refractivity contribution in [2.75, 3.05) is 24.4 Å². The van der Waals surface area contributed by atoms with Crippen LogP contribution in [0.25, 0.3) is 11.2 Å². The summed E-state index contributed by atoms with van der Waals surface area (Å²) in [4.78, 5) is 12.7. The van der Waals surface area contributed by atoms with Crippen molar-refractivity contribution in [3.05, 3.63) is 36.2 Å². The highest BCUT2D eigenvalue weighted by atomic mass is 16.6. The van der Waals surface area contributed by atoms with Gasteiger partial charge in [-0.25, -0.2) is 10.4 Å². The molecule has 4 rings (SSSR count). The zero-order valence-corrected chi connectivity index (χ0v) is 17.4. The quantitative estimate of drug-likeness (QED) is 0.240. The van der Waals surface area contributed by atoms with E-state index in [1.54, 1.807) is 6.21 Å². The van der Waals surface area contributed by atoms with Crippen molar-refractivity contribution in [3.63, 3.8) is 0 Å². The molecule has 0 spiro atoms. The molecule has 1 fully saturated rings. The second kappa shape index (κ2) is 9.44. The van der Waals surface area contributed by atoms with E-state index in [-0.39, 0.29) is 17.4 Å². The molecule has 6 N–H and O–H groups in total. The first-order valence-corrected chi connectivity index (χ1v) is 10.2. The van der Waals surface area contributed by atoms with Gasteiger partial charge in [0.25, 0.3) is 0 Å². The third-order valence-electron chi connectivity index (χ3n) is 4.97. The van der Waals surface area contributed by atoms with Crippen LogP contribution in [0.2, 0.25) is 0 Å². The summed E-state index contributed by atoms with van der Waals surface area (Å²) < 4.78 is 12.5. The van der Waals surface area contributed by atoms with Gasteiger partial charge in [-0.15, -0.1) is 0 Å². The molecule has 1 aromatic carbocycles. The van der Waals surface area contributed by atoms with E-state index in [1.807, 2.05) is 31.2 Å². The van der Waals surface area contributed by atoms with Crippen LogP contribution in [0.15, 0.2) is 35.7 Å². The zero-order chi connectivity index (χ0) is 22.7. The van der Waals surface area contributed by atoms with Crippen molar-refractivity contribution in [2.24, 2.45) is 5.10 Å². The van der Waals surface area contributed by atoms with E-state index in [1.165, 1.54) is 10.9 Å². The average Bonchev–Trinajstić information content (AvgIpc) is 3.34. The van der Waals surface area contributed by atoms with E-state index in [0.717, 1.165) is 17.7 Å². The summed E-state index contributed by atoms with van der Waals surface area (Å²) in [6, 6.07) is 7.45. The van der Waals surface area contributed by atoms with E-state index in [4.69, 9.17) is 15.2 Å². The maximum Gasteiger partial charge on any atom is 0.247 e. The number of imidazole rings is 1. The summed E-state index contributed by atoms with van der Waals surface area (Å²) in [7, 11) is 0. The topological polar surface area (TPSA) is 173 Å². The number of hydrogen-bond donors (Lipinski definition) is 5. The van der Waals surface area contributed by atoms with Gasteiger partial charge in [0, 0.05) is 0 Å². The number of ether oxygens (including phenoxy) is 2. The first kappa shape index (κ1) is 21.9. The molecule has 12 heteroatoms. The predicted molar refractivity (Wildman–Crippen MR) is 116 cm³/mol. The molecule has 2 aromatic heterocycles. The van der Waals surface area contributed by atoms with Gasteiger partial charge in [0.05, 0.1) is 25.8 Å². The Balaban J connectivity index is 1.52. The molecule has 32 heavy (non-hydrogen) atoms. The maximum atomic E-state index is 10.3. The summed E-state index contributed by atoms with van der Waals surface area (Å²) in [6.45, 7) is 2.27. The molecule has 0 saturated carbocycles. The molecule has 3 heterocycles. The van der Waals surface area contributed by atoms with Crippen LogP contribution in [0, 0.1) is 0 Å². The van der Waals surface area contributed by atoms with Gasteiger partial charge in [0.1, 0.15) is 29.6 Å². The fourth-order valence-electron chi connectivity index (χ4n) is 3.32. The lowest BCUT2D eigenvalue weighted by Gasteiger charge is -2.16. The van der Waals surface area contributed by atoms with E-state index in [0.29, 0.717) is 12.1 Å². The summed E-state index contributed by atoms with van der Waals surface area (Å²) in [5.41, 5.74) is 10.1. The van der Waals surface area contributed by atoms with E-state index >= 15 is 0 Å². The molecule has 1 aliphatic heterocycles. The van der Waals surface area contributed by atoms with Crippen molar-refractivity contribution in [3.8, 4) is 5.75 Å². The lowest BCUT2D eigenvalue weighted by atomic mass is 10.1. The highest BCUT2D eigenvalue weighted by molar-refractivity contribution is 5.83. The Bertz CT molecular complexity index is 1090. The van der Waals surface area contributed by atoms with Crippen LogP contribution in [-0.2, 0) is 4.74 Å². The summed E-state index contributed by atoms with van der Waals surface area (Å²) in [5, 5.41) is 33.8. The summed E-state index contributed by atoms with van der Waals surface area (Å²) in [5.74, 6) is 1.01. The van der Waals surface area contributed by atoms with Crippen LogP contribution >= 0.6 is 0 Å². The van der Waals surface area contributed by atoms with Gasteiger partial charge < -0.3 is 30.5 Å². The van der Waals surface area contributed by atoms with Crippen molar-refractivity contribution in [1.29, 1.82) is 0 Å². The van der Waals surface area contributed by atoms with E-state index in [2.05, 4.69) is 25.5 Å². The molecular weight excluding hydrogens is 418 g/mol. The zero-order valence-electron chi connectivity index (χ0n) is 17.4. The number of rotatable bonds is 8. The highest BCUT2D eigenvalue weighted by Gasteiger charge is 2.44. The summed E-state index contributed by atoms with van der Waals surface area (Å²) >= 11 is 0. The normalized spacial score (nSPS) is 23.2. The predicted octanol–water partition coefficient (Wildman–Crippen LogP) is 0.255. The van der Waals surface area contributed by atoms with Crippen LogP contribution < -0.4 is 15.9 Å². The monoisotopic (exact) mass is 443 g/mol. The maximum absolute atomic E-state index is 10.3. The minimum Gasteiger partial charge on any atom is -0.494 e. The highest BCUT2D eigenvalue weighted by Crippen LogP contribution is 2.32. The van der Waals surface area contributed by atoms with Crippen LogP contribution in [0.3, 0.4) is 0 Å². The molecule has 0 radical (unpaired) electrons. The third-order valence-corrected chi connectivity index (χ3v) is 4.97. The second-order valence-electron chi connectivity index (χ2n) is 7.27. The molecule has 1 aliphatic rings. The number of hydrogen-bond acceptors (Lipinski definition) is 11. The van der Waals surface area contributed by atoms with E-state index < -0.39 is 31.1 Å². The Morgan fingerprint density at radius 1 is 1.25 bits per heavy atom. The molecule has 0 unspecified atom stereocenters. The van der Waals surface area contributed by atoms with Gasteiger partial charge in [-0.05, 0) is 36.2 Å². The molecule has 4 atom stereocenters. The lowest BCUT2D eigenvalue weighted by molar-refractivity contribution is -0.0511. The number of fused-ring (bicyclic) bond motifs is 1. The fraction of sp³-hybridized carbons (Fsp3) is 0.400. The third kappa shape index (κ3) is 4.34. The molecular formula is C20H25N7O5. The first-order valence-electron chi connectivity index (χ1n) is 10.2. The Hall–Kier alpha value is -3.32. The lowest BCUT2D eigenvalue weighted by Crippen LogP contribution is -2.33. The molecule has 12 nitrogen and oxygen atoms in total. The number of nitrogens with one attached hydrogen (secondary N) is 1. The van der Waals surface area contributed by atoms with Crippen molar-refractivity contribution < 1.29 is 24.8 Å². The first-order chi connectivity index (χ1) is 15.5. The summed E-state index contributed by atoms with van der Waals surface area (Å²) in [6.07, 6.45) is -0.531. The van der Waals surface area contributed by atoms with Gasteiger partial charge in [0.2, 0.25) is 5.95 Å². The minimum atomic E-state index is -1.28. The van der Waals surface area contributed by atoms with Crippen LogP contribution in [0.5, 0.6) is 5.75 Å². The Morgan fingerprint density at radius 3 is 2.72 bits per heavy atom. The molecule has 0 amide bonds. The SMILES string of the molecule is CCCOc1ccc(C=NNc2nc(N)c3ncn([C@@H]4O[C@H](CO)[C@@H](O)[C@H]4O)c3n2)cc1.